The average Bonchev–Trinajstić information content (AvgIpc) is 3.02. The zero-order chi connectivity index (χ0) is 15.8. The molecule has 0 unspecified atom stereocenters. The molecule has 1 heterocycles. The van der Waals surface area contributed by atoms with E-state index in [4.69, 9.17) is 4.42 Å². The third-order valence-electron chi connectivity index (χ3n) is 4.21. The van der Waals surface area contributed by atoms with Crippen LogP contribution in [0.1, 0.15) is 67.6 Å². The minimum absolute atomic E-state index is 0.0250. The lowest BCUT2D eigenvalue weighted by atomic mass is 9.86. The molecule has 22 heavy (non-hydrogen) atoms. The van der Waals surface area contributed by atoms with E-state index in [1.165, 1.54) is 45.6 Å². The van der Waals surface area contributed by atoms with Crippen molar-refractivity contribution < 1.29 is 18.7 Å². The van der Waals surface area contributed by atoms with Crippen LogP contribution in [0.3, 0.4) is 0 Å². The zero-order valence-electron chi connectivity index (χ0n) is 13.1. The number of oxazole rings is 1. The van der Waals surface area contributed by atoms with Crippen LogP contribution in [0.5, 0.6) is 0 Å². The molecule has 0 atom stereocenters. The maximum Gasteiger partial charge on any atom is 0.360 e. The minimum atomic E-state index is -0.560. The van der Waals surface area contributed by atoms with Gasteiger partial charge in [-0.05, 0) is 18.8 Å². The molecular formula is C16H24N2O4. The molecule has 1 N–H and O–H groups in total. The molecule has 1 saturated carbocycles. The second-order valence-electron chi connectivity index (χ2n) is 5.79. The van der Waals surface area contributed by atoms with Crippen LogP contribution in [-0.4, -0.2) is 24.0 Å². The van der Waals surface area contributed by atoms with Crippen molar-refractivity contribution >= 4 is 11.9 Å². The Hall–Kier alpha value is -1.85. The lowest BCUT2D eigenvalue weighted by Crippen LogP contribution is -2.23. The number of nitrogens with one attached hydrogen (secondary N) is 1. The van der Waals surface area contributed by atoms with E-state index in [0.717, 1.165) is 18.8 Å². The quantitative estimate of drug-likeness (QED) is 0.783. The molecular weight excluding hydrogens is 284 g/mol. The van der Waals surface area contributed by atoms with Crippen LogP contribution in [0.15, 0.2) is 10.8 Å². The number of ether oxygens (including phenoxy) is 1. The lowest BCUT2D eigenvalue weighted by molar-refractivity contribution is -0.121. The number of hydrogen-bond acceptors (Lipinski definition) is 5. The summed E-state index contributed by atoms with van der Waals surface area (Å²) in [6, 6.07) is 0. The van der Waals surface area contributed by atoms with Crippen LogP contribution in [0.4, 0.5) is 0 Å². The molecule has 1 aromatic rings. The number of methoxy groups -OCH3 is 1. The van der Waals surface area contributed by atoms with Gasteiger partial charge in [-0.25, -0.2) is 9.78 Å². The SMILES string of the molecule is COC(=O)c1ncoc1CNC(=O)CCCC1CCCCC1. The molecule has 0 bridgehead atoms. The molecule has 1 amide bonds. The normalized spacial score (nSPS) is 15.5. The summed E-state index contributed by atoms with van der Waals surface area (Å²) < 4.78 is 9.71. The third kappa shape index (κ3) is 4.86. The van der Waals surface area contributed by atoms with Gasteiger partial charge in [0.15, 0.2) is 17.8 Å². The highest BCUT2D eigenvalue weighted by molar-refractivity contribution is 5.88. The van der Waals surface area contributed by atoms with Gasteiger partial charge in [0.2, 0.25) is 5.91 Å². The van der Waals surface area contributed by atoms with Gasteiger partial charge in [-0.1, -0.05) is 32.1 Å². The molecule has 1 aliphatic rings. The van der Waals surface area contributed by atoms with E-state index in [1.54, 1.807) is 0 Å². The fourth-order valence-electron chi connectivity index (χ4n) is 2.95. The number of amides is 1. The average molecular weight is 308 g/mol. The fourth-order valence-corrected chi connectivity index (χ4v) is 2.95. The van der Waals surface area contributed by atoms with Crippen molar-refractivity contribution in [1.82, 2.24) is 10.3 Å². The summed E-state index contributed by atoms with van der Waals surface area (Å²) in [5.41, 5.74) is 0.116. The highest BCUT2D eigenvalue weighted by atomic mass is 16.5. The Balaban J connectivity index is 1.67. The van der Waals surface area contributed by atoms with Crippen molar-refractivity contribution in [3.8, 4) is 0 Å². The van der Waals surface area contributed by atoms with Gasteiger partial charge < -0.3 is 14.5 Å². The van der Waals surface area contributed by atoms with Crippen LogP contribution in [0.25, 0.3) is 0 Å². The molecule has 6 nitrogen and oxygen atoms in total. The molecule has 6 heteroatoms. The lowest BCUT2D eigenvalue weighted by Gasteiger charge is -2.21. The molecule has 0 radical (unpaired) electrons. The first-order valence-electron chi connectivity index (χ1n) is 7.98. The minimum Gasteiger partial charge on any atom is -0.464 e. The number of rotatable bonds is 7. The van der Waals surface area contributed by atoms with Crippen molar-refractivity contribution in [1.29, 1.82) is 0 Å². The molecule has 1 fully saturated rings. The van der Waals surface area contributed by atoms with Crippen LogP contribution in [0.2, 0.25) is 0 Å². The molecule has 0 saturated heterocycles. The van der Waals surface area contributed by atoms with E-state index >= 15 is 0 Å². The van der Waals surface area contributed by atoms with Gasteiger partial charge in [0.1, 0.15) is 0 Å². The smallest absolute Gasteiger partial charge is 0.360 e. The van der Waals surface area contributed by atoms with Crippen LogP contribution < -0.4 is 5.32 Å². The Morgan fingerprint density at radius 3 is 2.86 bits per heavy atom. The third-order valence-corrected chi connectivity index (χ3v) is 4.21. The second-order valence-corrected chi connectivity index (χ2v) is 5.79. The first kappa shape index (κ1) is 16.5. The number of esters is 1. The van der Waals surface area contributed by atoms with Gasteiger partial charge in [-0.3, -0.25) is 4.79 Å². The number of aromatic nitrogens is 1. The standard InChI is InChI=1S/C16H24N2O4/c1-21-16(20)15-13(22-11-18-15)10-17-14(19)9-5-8-12-6-3-2-4-7-12/h11-12H,2-10H2,1H3,(H,17,19). The summed E-state index contributed by atoms with van der Waals surface area (Å²) in [6.45, 7) is 0.159. The maximum atomic E-state index is 11.8. The fraction of sp³-hybridized carbons (Fsp3) is 0.688. The predicted molar refractivity (Wildman–Crippen MR) is 80.1 cm³/mol. The first-order valence-corrected chi connectivity index (χ1v) is 7.98. The molecule has 0 aliphatic heterocycles. The first-order chi connectivity index (χ1) is 10.7. The Kier molecular flexibility index (Phi) is 6.43. The topological polar surface area (TPSA) is 81.4 Å². The van der Waals surface area contributed by atoms with Crippen molar-refractivity contribution in [3.63, 3.8) is 0 Å². The van der Waals surface area contributed by atoms with Crippen LogP contribution in [-0.2, 0) is 16.1 Å². The van der Waals surface area contributed by atoms with E-state index in [0.29, 0.717) is 12.2 Å². The molecule has 2 rings (SSSR count). The summed E-state index contributed by atoms with van der Waals surface area (Å²) in [5, 5.41) is 2.76. The molecule has 1 aromatic heterocycles. The maximum absolute atomic E-state index is 11.8. The second kappa shape index (κ2) is 8.56. The van der Waals surface area contributed by atoms with Crippen molar-refractivity contribution in [2.75, 3.05) is 7.11 Å². The van der Waals surface area contributed by atoms with Crippen molar-refractivity contribution in [2.24, 2.45) is 5.92 Å². The number of carbonyl (C=O) groups is 2. The van der Waals surface area contributed by atoms with Gasteiger partial charge in [0, 0.05) is 6.42 Å². The Bertz CT molecular complexity index is 492. The van der Waals surface area contributed by atoms with Crippen LogP contribution in [0, 0.1) is 5.92 Å². The van der Waals surface area contributed by atoms with Crippen molar-refractivity contribution in [2.45, 2.75) is 57.9 Å². The van der Waals surface area contributed by atoms with E-state index in [9.17, 15) is 9.59 Å². The van der Waals surface area contributed by atoms with E-state index in [2.05, 4.69) is 15.0 Å². The number of nitrogens with zero attached hydrogens (tertiary/aromatic N) is 1. The van der Waals surface area contributed by atoms with Gasteiger partial charge in [0.25, 0.3) is 0 Å². The molecule has 0 aromatic carbocycles. The highest BCUT2D eigenvalue weighted by Gasteiger charge is 2.18. The summed E-state index contributed by atoms with van der Waals surface area (Å²) in [7, 11) is 1.28. The monoisotopic (exact) mass is 308 g/mol. The van der Waals surface area contributed by atoms with Gasteiger partial charge in [-0.15, -0.1) is 0 Å². The van der Waals surface area contributed by atoms with Gasteiger partial charge in [0.05, 0.1) is 13.7 Å². The number of hydrogen-bond donors (Lipinski definition) is 1. The van der Waals surface area contributed by atoms with E-state index in [1.807, 2.05) is 0 Å². The zero-order valence-corrected chi connectivity index (χ0v) is 13.1. The summed E-state index contributed by atoms with van der Waals surface area (Å²) in [6.07, 6.45) is 10.4. The Morgan fingerprint density at radius 2 is 2.14 bits per heavy atom. The summed E-state index contributed by atoms with van der Waals surface area (Å²) >= 11 is 0. The van der Waals surface area contributed by atoms with Gasteiger partial charge >= 0.3 is 5.97 Å². The van der Waals surface area contributed by atoms with E-state index in [-0.39, 0.29) is 18.1 Å². The van der Waals surface area contributed by atoms with Gasteiger partial charge in [-0.2, -0.15) is 0 Å². The Labute approximate surface area is 130 Å². The highest BCUT2D eigenvalue weighted by Crippen LogP contribution is 2.27. The Morgan fingerprint density at radius 1 is 1.36 bits per heavy atom. The van der Waals surface area contributed by atoms with Crippen LogP contribution >= 0.6 is 0 Å². The van der Waals surface area contributed by atoms with Crippen molar-refractivity contribution in [3.05, 3.63) is 17.8 Å². The predicted octanol–water partition coefficient (Wildman–Crippen LogP) is 2.83. The summed E-state index contributed by atoms with van der Waals surface area (Å²) in [5.74, 6) is 0.535. The summed E-state index contributed by atoms with van der Waals surface area (Å²) in [4.78, 5) is 27.1. The molecule has 122 valence electrons. The largest absolute Gasteiger partial charge is 0.464 e. The van der Waals surface area contributed by atoms with E-state index < -0.39 is 5.97 Å². The molecule has 1 aliphatic carbocycles. The number of carbonyl (C=O) groups excluding carboxylic acids is 2. The molecule has 0 spiro atoms.